The first-order valence-corrected chi connectivity index (χ1v) is 32.6. The number of rotatable bonds is 23. The molecule has 3 aromatic heterocycles. The average molecular weight is 1420 g/mol. The Morgan fingerprint density at radius 1 is 0.606 bits per heavy atom. The Morgan fingerprint density at radius 2 is 1.17 bits per heavy atom. The summed E-state index contributed by atoms with van der Waals surface area (Å²) in [5.74, 6) is -8.44. The zero-order chi connectivity index (χ0) is 75.6. The molecule has 0 amide bonds. The second kappa shape index (κ2) is 38.3. The summed E-state index contributed by atoms with van der Waals surface area (Å²) in [6.07, 6.45) is 12.3. The molecule has 1 aliphatic carbocycles. The first kappa shape index (κ1) is 78.8. The highest BCUT2D eigenvalue weighted by Crippen LogP contribution is 2.39. The van der Waals surface area contributed by atoms with Crippen LogP contribution in [-0.2, 0) is 62.5 Å². The molecule has 5 heterocycles. The first-order chi connectivity index (χ1) is 49.9. The number of carbonyl (C=O) groups is 10. The Kier molecular flexibility index (Phi) is 29.1. The molecular formula is C79H77NO24. The number of ketones is 4. The smallest absolute Gasteiger partial charge is 0.345 e. The van der Waals surface area contributed by atoms with E-state index in [1.54, 1.807) is 123 Å². The average Bonchev–Trinajstić information content (AvgIpc) is 1.62. The second-order valence-corrected chi connectivity index (χ2v) is 23.5. The van der Waals surface area contributed by atoms with Gasteiger partial charge in [-0.05, 0) is 127 Å². The molecular weight excluding hydrogens is 1350 g/mol. The number of aliphatic hydroxyl groups is 2. The molecule has 4 atom stereocenters. The van der Waals surface area contributed by atoms with Crippen LogP contribution in [0.4, 0.5) is 0 Å². The van der Waals surface area contributed by atoms with Crippen LogP contribution >= 0.6 is 0 Å². The molecule has 2 unspecified atom stereocenters. The summed E-state index contributed by atoms with van der Waals surface area (Å²) in [7, 11) is 4.70. The van der Waals surface area contributed by atoms with E-state index >= 15 is 0 Å². The van der Waals surface area contributed by atoms with Crippen molar-refractivity contribution in [3.63, 3.8) is 0 Å². The normalized spacial score (nSPS) is 15.2. The van der Waals surface area contributed by atoms with Gasteiger partial charge in [0.05, 0.1) is 81.6 Å². The molecule has 12 rings (SSSR count). The van der Waals surface area contributed by atoms with E-state index in [9.17, 15) is 58.2 Å². The molecule has 0 spiro atoms. The standard InChI is InChI=1S/2C18H14O4.C17H24O3.C14H13NO.2C6H6O6/c2*1-21-18-13(7-8-17-14(18)9-10-22-17)16(20)11-15(19)12-5-3-2-4-6-12;1-2-3-4-5-6-7-16(19)10-8-14-9-11-17(20)15(12-14)13-18;1-9-14-8-10-7-11(16-2)3-4-12(10)13(14)5-6-15-9;2*7-3-1-2(5(8)9)4(12-3)6(10)11/h2-10H,11H2,1H3;2-11,19H,1H3;6-7,9,11-12,18,20H,2-5,8,10,13H2,1H3;3-7H,8H2,1-2H3;2*2,4H,1H2,(H,8,9)(H,10,11)/b;15-11-;7-6+;;;/t;;;;2-,4+;/m....0./s1. The van der Waals surface area contributed by atoms with Crippen LogP contribution < -0.4 is 14.2 Å². The molecule has 2 aliphatic heterocycles. The fraction of sp³-hybridized carbons (Fsp3) is 0.253. The van der Waals surface area contributed by atoms with E-state index in [1.165, 1.54) is 61.7 Å². The third-order valence-corrected chi connectivity index (χ3v) is 16.5. The number of ether oxygens (including phenoxy) is 5. The number of carboxylic acids is 4. The molecule has 25 nitrogen and oxygen atoms in total. The lowest BCUT2D eigenvalue weighted by Gasteiger charge is -2.08. The molecule has 9 aromatic rings. The van der Waals surface area contributed by atoms with Crippen LogP contribution in [0, 0.1) is 18.8 Å². The van der Waals surface area contributed by atoms with Gasteiger partial charge in [-0.1, -0.05) is 98.6 Å². The monoisotopic (exact) mass is 1420 g/mol. The minimum atomic E-state index is -1.53. The predicted molar refractivity (Wildman–Crippen MR) is 378 cm³/mol. The van der Waals surface area contributed by atoms with Gasteiger partial charge >= 0.3 is 35.8 Å². The number of hydrogen-bond acceptors (Lipinski definition) is 21. The maximum atomic E-state index is 12.4. The van der Waals surface area contributed by atoms with Gasteiger partial charge in [0.2, 0.25) is 12.2 Å². The number of methoxy groups -OCH3 is 3. The highest BCUT2D eigenvalue weighted by atomic mass is 16.6. The number of benzene rings is 6. The maximum Gasteiger partial charge on any atom is 0.345 e. The fourth-order valence-electron chi connectivity index (χ4n) is 11.1. The van der Waals surface area contributed by atoms with Crippen LogP contribution in [0.15, 0.2) is 185 Å². The number of carbonyl (C=O) groups excluding carboxylic acids is 6. The lowest BCUT2D eigenvalue weighted by Crippen LogP contribution is -2.31. The van der Waals surface area contributed by atoms with Crippen molar-refractivity contribution in [2.75, 3.05) is 21.3 Å². The summed E-state index contributed by atoms with van der Waals surface area (Å²) < 4.78 is 35.1. The number of Topliss-reactive ketones (excluding diaryl/α,β-unsaturated/α-hetero) is 2. The summed E-state index contributed by atoms with van der Waals surface area (Å²) >= 11 is 0. The van der Waals surface area contributed by atoms with E-state index in [0.717, 1.165) is 47.0 Å². The quantitative estimate of drug-likeness (QED) is 0.00781. The molecule has 2 saturated heterocycles. The highest BCUT2D eigenvalue weighted by molar-refractivity contribution is 6.16. The highest BCUT2D eigenvalue weighted by Gasteiger charge is 2.45. The topological polar surface area (TPSA) is 398 Å². The number of furan rings is 2. The van der Waals surface area contributed by atoms with Crippen molar-refractivity contribution >= 4 is 86.6 Å². The van der Waals surface area contributed by atoms with Crippen LogP contribution in [0.25, 0.3) is 38.8 Å². The van der Waals surface area contributed by atoms with Crippen molar-refractivity contribution in [3.05, 3.63) is 227 Å². The summed E-state index contributed by atoms with van der Waals surface area (Å²) in [5.41, 5.74) is 11.1. The van der Waals surface area contributed by atoms with Crippen LogP contribution in [-0.4, -0.2) is 133 Å². The number of pyridine rings is 1. The van der Waals surface area contributed by atoms with Gasteiger partial charge in [0.15, 0.2) is 23.1 Å². The van der Waals surface area contributed by atoms with Gasteiger partial charge in [-0.3, -0.25) is 43.3 Å². The maximum absolute atomic E-state index is 12.4. The molecule has 542 valence electrons. The Hall–Kier alpha value is -12.5. The Balaban J connectivity index is 0.000000177. The van der Waals surface area contributed by atoms with Crippen molar-refractivity contribution in [1.29, 1.82) is 0 Å². The van der Waals surface area contributed by atoms with Crippen LogP contribution in [0.3, 0.4) is 0 Å². The largest absolute Gasteiger partial charge is 0.508 e. The predicted octanol–water partition coefficient (Wildman–Crippen LogP) is 12.8. The van der Waals surface area contributed by atoms with E-state index in [-0.39, 0.29) is 60.5 Å². The number of aliphatic hydroxyl groups excluding tert-OH is 2. The third kappa shape index (κ3) is 21.3. The van der Waals surface area contributed by atoms with Gasteiger partial charge in [-0.15, -0.1) is 0 Å². The Morgan fingerprint density at radius 3 is 1.70 bits per heavy atom. The number of aromatic nitrogens is 1. The number of nitrogens with zero attached hydrogens (tertiary/aromatic N) is 1. The number of allylic oxidation sites excluding steroid dienone is 3. The number of hydrogen-bond donors (Lipinski definition) is 7. The molecule has 6 aromatic carbocycles. The van der Waals surface area contributed by atoms with Gasteiger partial charge in [-0.2, -0.15) is 0 Å². The second-order valence-electron chi connectivity index (χ2n) is 23.5. The van der Waals surface area contributed by atoms with E-state index < -0.39 is 59.9 Å². The molecule has 7 N–H and O–H groups in total. The Bertz CT molecular complexity index is 4520. The van der Waals surface area contributed by atoms with Crippen molar-refractivity contribution in [1.82, 2.24) is 4.98 Å². The molecule has 2 fully saturated rings. The number of carboxylic acid groups (broad SMARTS) is 4. The summed E-state index contributed by atoms with van der Waals surface area (Å²) in [6, 6.07) is 41.3. The van der Waals surface area contributed by atoms with Crippen molar-refractivity contribution in [2.24, 2.45) is 11.8 Å². The minimum absolute atomic E-state index is 0.0834. The van der Waals surface area contributed by atoms with Crippen molar-refractivity contribution in [3.8, 4) is 34.1 Å². The molecule has 25 heteroatoms. The molecule has 0 saturated carbocycles. The van der Waals surface area contributed by atoms with Gasteiger partial charge in [0, 0.05) is 47.5 Å². The minimum Gasteiger partial charge on any atom is -0.508 e. The van der Waals surface area contributed by atoms with E-state index in [2.05, 4.69) is 46.5 Å². The van der Waals surface area contributed by atoms with Crippen molar-refractivity contribution in [2.45, 2.75) is 96.9 Å². The molecule has 0 radical (unpaired) electrons. The summed E-state index contributed by atoms with van der Waals surface area (Å²) in [4.78, 5) is 115. The SMILES string of the molecule is CCCCC/C=C/C(=O)CCc1ccc(O)c(CO)c1.COc1c(C(=O)/C=C(\O)c2ccccc2)ccc2occc12.COc1c(C(=O)CC(=O)c2ccccc2)ccc2occc12.COc1ccc2c(c1)Cc1c-2ccnc1C.O=C1CC(C(=O)O)C(C(=O)O)O1.O=C1C[C@H](C(=O)O)[C@H](C(=O)O)O1. The van der Waals surface area contributed by atoms with E-state index in [1.807, 2.05) is 30.5 Å². The number of unbranched alkanes of at least 4 members (excludes halogenated alkanes) is 3. The van der Waals surface area contributed by atoms with Crippen molar-refractivity contribution < 1.29 is 116 Å². The zero-order valence-electron chi connectivity index (χ0n) is 57.3. The van der Waals surface area contributed by atoms with Crippen LogP contribution in [0.5, 0.6) is 23.0 Å². The number of esters is 2. The lowest BCUT2D eigenvalue weighted by atomic mass is 10.00. The van der Waals surface area contributed by atoms with Crippen LogP contribution in [0.1, 0.15) is 123 Å². The zero-order valence-corrected chi connectivity index (χ0v) is 57.3. The molecule has 0 bridgehead atoms. The first-order valence-electron chi connectivity index (χ1n) is 32.6. The summed E-state index contributed by atoms with van der Waals surface area (Å²) in [5, 5.41) is 63.8. The molecule has 104 heavy (non-hydrogen) atoms. The lowest BCUT2D eigenvalue weighted by molar-refractivity contribution is -0.161. The number of aliphatic carboxylic acids is 4. The number of aromatic hydroxyl groups is 1. The third-order valence-electron chi connectivity index (χ3n) is 16.5. The fourth-order valence-corrected chi connectivity index (χ4v) is 11.1. The Labute approximate surface area is 596 Å². The van der Waals surface area contributed by atoms with E-state index in [4.69, 9.17) is 48.6 Å². The number of aryl methyl sites for hydroxylation is 2. The van der Waals surface area contributed by atoms with E-state index in [0.29, 0.717) is 63.3 Å². The van der Waals surface area contributed by atoms with Gasteiger partial charge < -0.3 is 68.3 Å². The van der Waals surface area contributed by atoms with Gasteiger partial charge in [0.1, 0.15) is 51.8 Å². The number of phenols is 1. The van der Waals surface area contributed by atoms with Crippen LogP contribution in [0.2, 0.25) is 0 Å². The molecule has 3 aliphatic rings. The van der Waals surface area contributed by atoms with Gasteiger partial charge in [0.25, 0.3) is 0 Å². The van der Waals surface area contributed by atoms with Gasteiger partial charge in [-0.25, -0.2) is 9.59 Å². The summed E-state index contributed by atoms with van der Waals surface area (Å²) in [6.45, 7) is 4.04. The number of fused-ring (bicyclic) bond motifs is 5. The number of cyclic esters (lactones) is 2.